The fourth-order valence-electron chi connectivity index (χ4n) is 2.38. The molecule has 1 aromatic heterocycles. The Hall–Kier alpha value is -2.01. The van der Waals surface area contributed by atoms with Crippen LogP contribution >= 0.6 is 34.5 Å². The minimum absolute atomic E-state index is 0.202. The zero-order chi connectivity index (χ0) is 18.5. The van der Waals surface area contributed by atoms with Crippen LogP contribution in [-0.2, 0) is 13.0 Å². The van der Waals surface area contributed by atoms with Gasteiger partial charge in [0.1, 0.15) is 12.4 Å². The predicted octanol–water partition coefficient (Wildman–Crippen LogP) is 6.45. The van der Waals surface area contributed by atoms with Crippen molar-refractivity contribution in [2.24, 2.45) is 0 Å². The van der Waals surface area contributed by atoms with Gasteiger partial charge in [0, 0.05) is 21.3 Å². The van der Waals surface area contributed by atoms with Gasteiger partial charge in [-0.3, -0.25) is 4.79 Å². The smallest absolute Gasteiger partial charge is 0.265 e. The maximum Gasteiger partial charge on any atom is 0.265 e. The molecular weight excluding hydrogens is 389 g/mol. The summed E-state index contributed by atoms with van der Waals surface area (Å²) in [4.78, 5) is 13.0. The number of carbonyl (C=O) groups is 1. The van der Waals surface area contributed by atoms with Crippen LogP contribution in [0.4, 0.5) is 5.69 Å². The summed E-state index contributed by atoms with van der Waals surface area (Å²) in [6, 6.07) is 14.8. The minimum Gasteiger partial charge on any atom is -0.489 e. The molecule has 0 spiro atoms. The molecule has 3 aromatic rings. The molecule has 2 aromatic carbocycles. The number of aryl methyl sites for hydroxylation is 1. The predicted molar refractivity (Wildman–Crippen MR) is 109 cm³/mol. The molecule has 1 amide bonds. The van der Waals surface area contributed by atoms with E-state index >= 15 is 0 Å². The second kappa shape index (κ2) is 8.58. The van der Waals surface area contributed by atoms with E-state index in [9.17, 15) is 4.79 Å². The van der Waals surface area contributed by atoms with Crippen LogP contribution in [0.25, 0.3) is 0 Å². The van der Waals surface area contributed by atoms with Crippen LogP contribution in [0.15, 0.2) is 53.9 Å². The first-order valence-corrected chi connectivity index (χ1v) is 9.73. The van der Waals surface area contributed by atoms with Crippen molar-refractivity contribution in [3.05, 3.63) is 80.0 Å². The molecule has 0 saturated carbocycles. The van der Waals surface area contributed by atoms with Crippen LogP contribution in [0.1, 0.15) is 27.7 Å². The number of hydrogen-bond donors (Lipinski definition) is 1. The highest BCUT2D eigenvalue weighted by Gasteiger charge is 2.11. The van der Waals surface area contributed by atoms with E-state index in [0.29, 0.717) is 27.2 Å². The van der Waals surface area contributed by atoms with Crippen molar-refractivity contribution in [3.63, 3.8) is 0 Å². The van der Waals surface area contributed by atoms with Gasteiger partial charge in [-0.1, -0.05) is 42.3 Å². The second-order valence-corrected chi connectivity index (χ2v) is 7.50. The Morgan fingerprint density at radius 2 is 1.73 bits per heavy atom. The largest absolute Gasteiger partial charge is 0.489 e. The van der Waals surface area contributed by atoms with E-state index in [-0.39, 0.29) is 5.91 Å². The first-order valence-electron chi connectivity index (χ1n) is 8.10. The van der Waals surface area contributed by atoms with Crippen molar-refractivity contribution in [1.82, 2.24) is 0 Å². The molecule has 0 saturated heterocycles. The highest BCUT2D eigenvalue weighted by Crippen LogP contribution is 2.24. The Morgan fingerprint density at radius 3 is 2.38 bits per heavy atom. The van der Waals surface area contributed by atoms with Crippen molar-refractivity contribution in [2.75, 3.05) is 5.32 Å². The average Bonchev–Trinajstić information content (AvgIpc) is 3.08. The van der Waals surface area contributed by atoms with Gasteiger partial charge in [-0.05, 0) is 53.8 Å². The molecular formula is C20H17Cl2NO2S. The summed E-state index contributed by atoms with van der Waals surface area (Å²) in [5.41, 5.74) is 2.78. The average molecular weight is 406 g/mol. The molecule has 1 N–H and O–H groups in total. The summed E-state index contributed by atoms with van der Waals surface area (Å²) in [6.07, 6.45) is 1.00. The van der Waals surface area contributed by atoms with Crippen molar-refractivity contribution in [3.8, 4) is 5.75 Å². The van der Waals surface area contributed by atoms with Gasteiger partial charge in [-0.25, -0.2) is 0 Å². The fraction of sp³-hybridized carbons (Fsp3) is 0.150. The number of halogens is 2. The third-order valence-corrected chi connectivity index (χ3v) is 5.15. The highest BCUT2D eigenvalue weighted by molar-refractivity contribution is 7.12. The zero-order valence-corrected chi connectivity index (χ0v) is 16.4. The van der Waals surface area contributed by atoms with E-state index in [1.54, 1.807) is 18.2 Å². The van der Waals surface area contributed by atoms with Crippen molar-refractivity contribution in [1.29, 1.82) is 0 Å². The number of rotatable bonds is 6. The summed E-state index contributed by atoms with van der Waals surface area (Å²) in [7, 11) is 0. The summed E-state index contributed by atoms with van der Waals surface area (Å²) in [5.74, 6) is 0.611. The molecule has 3 nitrogen and oxygen atoms in total. The number of nitrogens with one attached hydrogen (secondary N) is 1. The molecule has 0 bridgehead atoms. The van der Waals surface area contributed by atoms with E-state index < -0.39 is 0 Å². The third-order valence-electron chi connectivity index (χ3n) is 3.74. The Bertz CT molecular complexity index is 886. The van der Waals surface area contributed by atoms with Crippen molar-refractivity contribution in [2.45, 2.75) is 20.0 Å². The molecule has 0 fully saturated rings. The van der Waals surface area contributed by atoms with Gasteiger partial charge >= 0.3 is 0 Å². The Balaban J connectivity index is 1.60. The molecule has 0 atom stereocenters. The summed E-state index contributed by atoms with van der Waals surface area (Å²) >= 11 is 13.3. The monoisotopic (exact) mass is 405 g/mol. The number of ether oxygens (including phenoxy) is 1. The SMILES string of the molecule is CCc1ccc(OCc2csc(C(=O)Nc3cc(Cl)cc(Cl)c3)c2)cc1. The molecule has 26 heavy (non-hydrogen) atoms. The molecule has 1 heterocycles. The Labute approximate surface area is 166 Å². The minimum atomic E-state index is -0.202. The lowest BCUT2D eigenvalue weighted by molar-refractivity contribution is 0.103. The first kappa shape index (κ1) is 18.8. The van der Waals surface area contributed by atoms with Gasteiger partial charge in [-0.15, -0.1) is 11.3 Å². The van der Waals surface area contributed by atoms with Gasteiger partial charge in [0.05, 0.1) is 4.88 Å². The Morgan fingerprint density at radius 1 is 1.04 bits per heavy atom. The Kier molecular flexibility index (Phi) is 6.20. The van der Waals surface area contributed by atoms with Crippen LogP contribution in [0.3, 0.4) is 0 Å². The quantitative estimate of drug-likeness (QED) is 0.511. The zero-order valence-electron chi connectivity index (χ0n) is 14.1. The molecule has 0 unspecified atom stereocenters. The molecule has 0 aliphatic carbocycles. The lowest BCUT2D eigenvalue weighted by Gasteiger charge is -2.06. The molecule has 0 aliphatic rings. The number of hydrogen-bond acceptors (Lipinski definition) is 3. The number of thiophene rings is 1. The molecule has 6 heteroatoms. The van der Waals surface area contributed by atoms with E-state index in [0.717, 1.165) is 17.7 Å². The van der Waals surface area contributed by atoms with Crippen LogP contribution < -0.4 is 10.1 Å². The van der Waals surface area contributed by atoms with Crippen LogP contribution in [0, 0.1) is 0 Å². The van der Waals surface area contributed by atoms with Gasteiger partial charge in [-0.2, -0.15) is 0 Å². The van der Waals surface area contributed by atoms with Crippen LogP contribution in [0.5, 0.6) is 5.75 Å². The van der Waals surface area contributed by atoms with Gasteiger partial charge < -0.3 is 10.1 Å². The number of benzene rings is 2. The van der Waals surface area contributed by atoms with Crippen LogP contribution in [0.2, 0.25) is 10.0 Å². The van der Waals surface area contributed by atoms with Gasteiger partial charge in [0.2, 0.25) is 0 Å². The summed E-state index contributed by atoms with van der Waals surface area (Å²) < 4.78 is 5.77. The van der Waals surface area contributed by atoms with Gasteiger partial charge in [0.25, 0.3) is 5.91 Å². The highest BCUT2D eigenvalue weighted by atomic mass is 35.5. The van der Waals surface area contributed by atoms with E-state index in [1.165, 1.54) is 16.9 Å². The second-order valence-electron chi connectivity index (χ2n) is 5.72. The maximum atomic E-state index is 12.4. The number of anilines is 1. The lowest BCUT2D eigenvalue weighted by Crippen LogP contribution is -2.10. The first-order chi connectivity index (χ1) is 12.5. The lowest BCUT2D eigenvalue weighted by atomic mass is 10.2. The normalized spacial score (nSPS) is 10.6. The van der Waals surface area contributed by atoms with E-state index in [4.69, 9.17) is 27.9 Å². The van der Waals surface area contributed by atoms with Gasteiger partial charge in [0.15, 0.2) is 0 Å². The summed E-state index contributed by atoms with van der Waals surface area (Å²) in [6.45, 7) is 2.53. The molecule has 134 valence electrons. The molecule has 0 radical (unpaired) electrons. The van der Waals surface area contributed by atoms with Crippen molar-refractivity contribution >= 4 is 46.1 Å². The van der Waals surface area contributed by atoms with Crippen molar-refractivity contribution < 1.29 is 9.53 Å². The standard InChI is InChI=1S/C20H17Cl2NO2S/c1-2-13-3-5-18(6-4-13)25-11-14-7-19(26-12-14)20(24)23-17-9-15(21)8-16(22)10-17/h3-10,12H,2,11H2,1H3,(H,23,24). The number of carbonyl (C=O) groups excluding carboxylic acids is 1. The third kappa shape index (κ3) is 5.01. The number of amides is 1. The topological polar surface area (TPSA) is 38.3 Å². The summed E-state index contributed by atoms with van der Waals surface area (Å²) in [5, 5.41) is 5.67. The van der Waals surface area contributed by atoms with E-state index in [2.05, 4.69) is 24.4 Å². The molecule has 0 aliphatic heterocycles. The molecule has 3 rings (SSSR count). The fourth-order valence-corrected chi connectivity index (χ4v) is 3.70. The van der Waals surface area contributed by atoms with Crippen LogP contribution in [-0.4, -0.2) is 5.91 Å². The van der Waals surface area contributed by atoms with E-state index in [1.807, 2.05) is 23.6 Å². The maximum absolute atomic E-state index is 12.4.